The second-order valence-corrected chi connectivity index (χ2v) is 4.31. The van der Waals surface area contributed by atoms with Crippen LogP contribution in [0.3, 0.4) is 0 Å². The average molecular weight is 267 g/mol. The summed E-state index contributed by atoms with van der Waals surface area (Å²) in [6.07, 6.45) is 2.42. The molecule has 0 aliphatic heterocycles. The predicted molar refractivity (Wildman–Crippen MR) is 81.9 cm³/mol. The number of hydrazone groups is 1. The first-order valence-corrected chi connectivity index (χ1v) is 6.42. The molecule has 2 amide bonds. The number of amides is 2. The van der Waals surface area contributed by atoms with Crippen molar-refractivity contribution in [2.75, 3.05) is 12.4 Å². The Balaban J connectivity index is 1.85. The summed E-state index contributed by atoms with van der Waals surface area (Å²) in [4.78, 5) is 11.9. The molecular weight excluding hydrogens is 250 g/mol. The van der Waals surface area contributed by atoms with Gasteiger partial charge in [-0.3, -0.25) is 0 Å². The Kier molecular flexibility index (Phi) is 4.89. The van der Waals surface area contributed by atoms with Gasteiger partial charge in [-0.15, -0.1) is 0 Å². The molecule has 0 saturated carbocycles. The molecule has 2 rings (SSSR count). The van der Waals surface area contributed by atoms with E-state index in [0.29, 0.717) is 6.42 Å². The minimum Gasteiger partial charge on any atom is -0.306 e. The van der Waals surface area contributed by atoms with E-state index >= 15 is 0 Å². The van der Waals surface area contributed by atoms with E-state index in [4.69, 9.17) is 0 Å². The van der Waals surface area contributed by atoms with Crippen molar-refractivity contribution in [1.29, 1.82) is 0 Å². The molecule has 0 aliphatic rings. The van der Waals surface area contributed by atoms with Gasteiger partial charge in [0.05, 0.1) is 0 Å². The minimum absolute atomic E-state index is 0.263. The Morgan fingerprint density at radius 3 is 2.35 bits per heavy atom. The molecule has 0 heterocycles. The molecule has 0 aromatic heterocycles. The topological polar surface area (TPSA) is 44.7 Å². The predicted octanol–water partition coefficient (Wildman–Crippen LogP) is 3.38. The number of hydrogen-bond acceptors (Lipinski definition) is 2. The molecule has 20 heavy (non-hydrogen) atoms. The smallest absolute Gasteiger partial charge is 0.306 e. The summed E-state index contributed by atoms with van der Waals surface area (Å²) in [5, 5.41) is 8.16. The van der Waals surface area contributed by atoms with Crippen LogP contribution in [0, 0.1) is 0 Å². The number of nitrogens with zero attached hydrogens (tertiary/aromatic N) is 2. The molecule has 0 atom stereocenters. The standard InChI is InChI=1S/C16H17N3O/c1-19(16(20)18-15-10-6-3-7-11-15)17-13-12-14-8-4-2-5-9-14/h2-11,13H,12H2,1H3,(H,18,20)/b17-13+. The van der Waals surface area contributed by atoms with Gasteiger partial charge < -0.3 is 5.32 Å². The highest BCUT2D eigenvalue weighted by Gasteiger charge is 2.05. The molecule has 2 aromatic rings. The Morgan fingerprint density at radius 2 is 1.70 bits per heavy atom. The highest BCUT2D eigenvalue weighted by molar-refractivity contribution is 5.89. The number of hydrogen-bond donors (Lipinski definition) is 1. The van der Waals surface area contributed by atoms with Crippen LogP contribution < -0.4 is 5.32 Å². The Morgan fingerprint density at radius 1 is 1.10 bits per heavy atom. The highest BCUT2D eigenvalue weighted by Crippen LogP contribution is 2.06. The number of urea groups is 1. The van der Waals surface area contributed by atoms with Crippen molar-refractivity contribution < 1.29 is 4.79 Å². The summed E-state index contributed by atoms with van der Waals surface area (Å²) < 4.78 is 0. The van der Waals surface area contributed by atoms with E-state index in [0.717, 1.165) is 11.3 Å². The molecule has 0 saturated heterocycles. The van der Waals surface area contributed by atoms with Gasteiger partial charge in [0.25, 0.3) is 0 Å². The van der Waals surface area contributed by atoms with E-state index in [-0.39, 0.29) is 6.03 Å². The zero-order chi connectivity index (χ0) is 14.2. The van der Waals surface area contributed by atoms with Crippen molar-refractivity contribution in [2.24, 2.45) is 5.10 Å². The lowest BCUT2D eigenvalue weighted by Crippen LogP contribution is -2.26. The van der Waals surface area contributed by atoms with Crippen LogP contribution >= 0.6 is 0 Å². The van der Waals surface area contributed by atoms with E-state index in [1.807, 2.05) is 60.7 Å². The first-order chi connectivity index (χ1) is 9.75. The van der Waals surface area contributed by atoms with Crippen LogP contribution in [0.15, 0.2) is 65.8 Å². The van der Waals surface area contributed by atoms with Crippen LogP contribution in [0.4, 0.5) is 10.5 Å². The zero-order valence-corrected chi connectivity index (χ0v) is 11.4. The van der Waals surface area contributed by atoms with Gasteiger partial charge in [-0.25, -0.2) is 9.80 Å². The number of carbonyl (C=O) groups excluding carboxylic acids is 1. The first-order valence-electron chi connectivity index (χ1n) is 6.42. The monoisotopic (exact) mass is 267 g/mol. The number of carbonyl (C=O) groups is 1. The number of benzene rings is 2. The molecule has 0 radical (unpaired) electrons. The van der Waals surface area contributed by atoms with E-state index in [1.165, 1.54) is 5.01 Å². The molecule has 4 nitrogen and oxygen atoms in total. The Labute approximate surface area is 118 Å². The van der Waals surface area contributed by atoms with E-state index in [1.54, 1.807) is 13.3 Å². The van der Waals surface area contributed by atoms with Crippen molar-refractivity contribution >= 4 is 17.9 Å². The van der Waals surface area contributed by atoms with E-state index in [2.05, 4.69) is 10.4 Å². The van der Waals surface area contributed by atoms with Gasteiger partial charge >= 0.3 is 6.03 Å². The van der Waals surface area contributed by atoms with Crippen LogP contribution in [0.1, 0.15) is 5.56 Å². The summed E-state index contributed by atoms with van der Waals surface area (Å²) in [6, 6.07) is 19.0. The number of anilines is 1. The van der Waals surface area contributed by atoms with Crippen LogP contribution in [0.5, 0.6) is 0 Å². The van der Waals surface area contributed by atoms with Crippen LogP contribution in [0.2, 0.25) is 0 Å². The highest BCUT2D eigenvalue weighted by atomic mass is 16.2. The van der Waals surface area contributed by atoms with Gasteiger partial charge in [0.15, 0.2) is 0 Å². The summed E-state index contributed by atoms with van der Waals surface area (Å²) in [7, 11) is 1.62. The molecule has 0 bridgehead atoms. The molecule has 0 spiro atoms. The van der Waals surface area contributed by atoms with E-state index < -0.39 is 0 Å². The second kappa shape index (κ2) is 7.09. The molecule has 4 heteroatoms. The molecule has 1 N–H and O–H groups in total. The molecular formula is C16H17N3O. The van der Waals surface area contributed by atoms with Crippen LogP contribution in [0.25, 0.3) is 0 Å². The maximum absolute atomic E-state index is 11.9. The van der Waals surface area contributed by atoms with Crippen LogP contribution in [-0.2, 0) is 6.42 Å². The van der Waals surface area contributed by atoms with Crippen LogP contribution in [-0.4, -0.2) is 24.3 Å². The fourth-order valence-electron chi connectivity index (χ4n) is 1.66. The third kappa shape index (κ3) is 4.24. The van der Waals surface area contributed by atoms with Crippen molar-refractivity contribution in [1.82, 2.24) is 5.01 Å². The fraction of sp³-hybridized carbons (Fsp3) is 0.125. The Bertz CT molecular complexity index is 567. The van der Waals surface area contributed by atoms with Gasteiger partial charge in [-0.05, 0) is 17.7 Å². The molecule has 0 fully saturated rings. The molecule has 2 aromatic carbocycles. The normalized spacial score (nSPS) is 10.4. The molecule has 0 aliphatic carbocycles. The summed E-state index contributed by atoms with van der Waals surface area (Å²) in [6.45, 7) is 0. The lowest BCUT2D eigenvalue weighted by Gasteiger charge is -2.12. The maximum Gasteiger partial charge on any atom is 0.341 e. The van der Waals surface area contributed by atoms with Crippen molar-refractivity contribution in [3.05, 3.63) is 66.2 Å². The van der Waals surface area contributed by atoms with Gasteiger partial charge in [0.2, 0.25) is 0 Å². The van der Waals surface area contributed by atoms with Gasteiger partial charge in [-0.1, -0.05) is 48.5 Å². The van der Waals surface area contributed by atoms with Gasteiger partial charge in [0.1, 0.15) is 0 Å². The van der Waals surface area contributed by atoms with E-state index in [9.17, 15) is 4.79 Å². The third-order valence-electron chi connectivity index (χ3n) is 2.74. The maximum atomic E-state index is 11.9. The summed E-state index contributed by atoms with van der Waals surface area (Å²) in [5.41, 5.74) is 1.91. The molecule has 102 valence electrons. The fourth-order valence-corrected chi connectivity index (χ4v) is 1.66. The first kappa shape index (κ1) is 13.8. The Hall–Kier alpha value is -2.62. The van der Waals surface area contributed by atoms with Gasteiger partial charge in [0, 0.05) is 25.4 Å². The number of para-hydroxylation sites is 1. The SMILES string of the molecule is CN(/N=C/Cc1ccccc1)C(=O)Nc1ccccc1. The minimum atomic E-state index is -0.263. The number of nitrogens with one attached hydrogen (secondary N) is 1. The van der Waals surface area contributed by atoms with Crippen molar-refractivity contribution in [3.63, 3.8) is 0 Å². The lowest BCUT2D eigenvalue weighted by molar-refractivity contribution is 0.224. The van der Waals surface area contributed by atoms with Crippen molar-refractivity contribution in [3.8, 4) is 0 Å². The average Bonchev–Trinajstić information content (AvgIpc) is 2.49. The number of rotatable bonds is 4. The van der Waals surface area contributed by atoms with Crippen molar-refractivity contribution in [2.45, 2.75) is 6.42 Å². The molecule has 0 unspecified atom stereocenters. The quantitative estimate of drug-likeness (QED) is 0.670. The largest absolute Gasteiger partial charge is 0.341 e. The summed E-state index contributed by atoms with van der Waals surface area (Å²) in [5.74, 6) is 0. The lowest BCUT2D eigenvalue weighted by atomic mass is 10.2. The summed E-state index contributed by atoms with van der Waals surface area (Å²) >= 11 is 0. The second-order valence-electron chi connectivity index (χ2n) is 4.31. The van der Waals surface area contributed by atoms with Gasteiger partial charge in [-0.2, -0.15) is 5.10 Å². The zero-order valence-electron chi connectivity index (χ0n) is 11.4. The third-order valence-corrected chi connectivity index (χ3v) is 2.74.